The second-order valence-electron chi connectivity index (χ2n) is 4.00. The maximum absolute atomic E-state index is 11.8. The van der Waals surface area contributed by atoms with Crippen molar-refractivity contribution in [1.29, 1.82) is 0 Å². The Morgan fingerprint density at radius 1 is 1.33 bits per heavy atom. The number of methoxy groups -OCH3 is 1. The van der Waals surface area contributed by atoms with E-state index in [-0.39, 0.29) is 6.10 Å². The van der Waals surface area contributed by atoms with Crippen molar-refractivity contribution < 1.29 is 13.2 Å². The zero-order valence-corrected chi connectivity index (χ0v) is 10.4. The first-order valence-corrected chi connectivity index (χ1v) is 7.21. The lowest BCUT2D eigenvalue weighted by Gasteiger charge is -2.30. The molecule has 15 heavy (non-hydrogen) atoms. The van der Waals surface area contributed by atoms with Crippen molar-refractivity contribution in [2.24, 2.45) is 0 Å². The fourth-order valence-electron chi connectivity index (χ4n) is 1.80. The highest BCUT2D eigenvalue weighted by molar-refractivity contribution is 7.89. The van der Waals surface area contributed by atoms with Crippen LogP contribution < -0.4 is 0 Å². The third-order valence-electron chi connectivity index (χ3n) is 2.88. The Balaban J connectivity index is 2.45. The van der Waals surface area contributed by atoms with Gasteiger partial charge in [0.25, 0.3) is 0 Å². The second kappa shape index (κ2) is 5.82. The molecule has 5 heteroatoms. The number of piperidine rings is 1. The lowest BCUT2D eigenvalue weighted by Crippen LogP contribution is -2.41. The summed E-state index contributed by atoms with van der Waals surface area (Å²) in [7, 11) is -1.31. The van der Waals surface area contributed by atoms with Crippen LogP contribution in [0, 0.1) is 0 Å². The average Bonchev–Trinajstić information content (AvgIpc) is 2.26. The summed E-state index contributed by atoms with van der Waals surface area (Å²) in [6, 6.07) is 0. The molecular weight excluding hydrogens is 214 g/mol. The lowest BCUT2D eigenvalue weighted by molar-refractivity contribution is 0.0604. The first kappa shape index (κ1) is 12.9. The highest BCUT2D eigenvalue weighted by Gasteiger charge is 2.27. The normalized spacial score (nSPS) is 20.7. The molecule has 1 rings (SSSR count). The molecule has 4 nitrogen and oxygen atoms in total. The van der Waals surface area contributed by atoms with Gasteiger partial charge in [-0.05, 0) is 19.3 Å². The van der Waals surface area contributed by atoms with E-state index >= 15 is 0 Å². The van der Waals surface area contributed by atoms with E-state index in [0.717, 1.165) is 25.7 Å². The summed E-state index contributed by atoms with van der Waals surface area (Å²) in [6.07, 6.45) is 3.56. The SMILES string of the molecule is CCCCS(=O)(=O)N1CCC(OC)CC1. The molecule has 0 unspecified atom stereocenters. The van der Waals surface area contributed by atoms with Gasteiger partial charge in [0.15, 0.2) is 0 Å². The number of nitrogens with zero attached hydrogens (tertiary/aromatic N) is 1. The molecule has 1 aliphatic rings. The molecule has 0 radical (unpaired) electrons. The molecule has 0 aliphatic carbocycles. The molecule has 1 saturated heterocycles. The summed E-state index contributed by atoms with van der Waals surface area (Å²) in [5.41, 5.74) is 0. The Labute approximate surface area is 92.7 Å². The van der Waals surface area contributed by atoms with Crippen molar-refractivity contribution in [3.63, 3.8) is 0 Å². The molecule has 0 bridgehead atoms. The number of hydrogen-bond acceptors (Lipinski definition) is 3. The van der Waals surface area contributed by atoms with Gasteiger partial charge in [0.1, 0.15) is 0 Å². The minimum absolute atomic E-state index is 0.239. The van der Waals surface area contributed by atoms with Crippen molar-refractivity contribution in [1.82, 2.24) is 4.31 Å². The lowest BCUT2D eigenvalue weighted by atomic mass is 10.1. The van der Waals surface area contributed by atoms with Crippen molar-refractivity contribution in [3.05, 3.63) is 0 Å². The topological polar surface area (TPSA) is 46.6 Å². The molecule has 0 N–H and O–H groups in total. The largest absolute Gasteiger partial charge is 0.381 e. The zero-order valence-electron chi connectivity index (χ0n) is 9.61. The van der Waals surface area contributed by atoms with Gasteiger partial charge in [-0.2, -0.15) is 0 Å². The number of hydrogen-bond donors (Lipinski definition) is 0. The predicted molar refractivity (Wildman–Crippen MR) is 60.3 cm³/mol. The number of unbranched alkanes of at least 4 members (excludes halogenated alkanes) is 1. The minimum atomic E-state index is -3.00. The molecule has 1 fully saturated rings. The Kier molecular flexibility index (Phi) is 5.02. The molecule has 0 atom stereocenters. The van der Waals surface area contributed by atoms with Crippen molar-refractivity contribution in [2.75, 3.05) is 26.0 Å². The van der Waals surface area contributed by atoms with Gasteiger partial charge >= 0.3 is 0 Å². The van der Waals surface area contributed by atoms with Gasteiger partial charge in [-0.3, -0.25) is 0 Å². The average molecular weight is 235 g/mol. The van der Waals surface area contributed by atoms with E-state index < -0.39 is 10.0 Å². The maximum Gasteiger partial charge on any atom is 0.214 e. The van der Waals surface area contributed by atoms with E-state index in [0.29, 0.717) is 18.8 Å². The van der Waals surface area contributed by atoms with Crippen LogP contribution in [0.25, 0.3) is 0 Å². The molecule has 0 spiro atoms. The maximum atomic E-state index is 11.8. The fourth-order valence-corrected chi connectivity index (χ4v) is 3.48. The Hall–Kier alpha value is -0.130. The molecule has 1 aliphatic heterocycles. The minimum Gasteiger partial charge on any atom is -0.381 e. The van der Waals surface area contributed by atoms with Crippen molar-refractivity contribution in [3.8, 4) is 0 Å². The summed E-state index contributed by atoms with van der Waals surface area (Å²) in [5.74, 6) is 0.293. The monoisotopic (exact) mass is 235 g/mol. The number of rotatable bonds is 5. The van der Waals surface area contributed by atoms with Gasteiger partial charge in [0, 0.05) is 20.2 Å². The summed E-state index contributed by atoms with van der Waals surface area (Å²) in [4.78, 5) is 0. The van der Waals surface area contributed by atoms with E-state index in [1.807, 2.05) is 6.92 Å². The molecule has 0 saturated carbocycles. The number of ether oxygens (including phenoxy) is 1. The Bertz CT molecular complexity index is 268. The van der Waals surface area contributed by atoms with Crippen LogP contribution in [0.5, 0.6) is 0 Å². The quantitative estimate of drug-likeness (QED) is 0.720. The van der Waals surface area contributed by atoms with Gasteiger partial charge in [0.2, 0.25) is 10.0 Å². The standard InChI is InChI=1S/C10H21NO3S/c1-3-4-9-15(12,13)11-7-5-10(14-2)6-8-11/h10H,3-9H2,1-2H3. The first-order valence-electron chi connectivity index (χ1n) is 5.60. The highest BCUT2D eigenvalue weighted by Crippen LogP contribution is 2.16. The van der Waals surface area contributed by atoms with Crippen LogP contribution >= 0.6 is 0 Å². The van der Waals surface area contributed by atoms with Gasteiger partial charge in [-0.25, -0.2) is 12.7 Å². The molecular formula is C10H21NO3S. The van der Waals surface area contributed by atoms with Crippen LogP contribution in [0.15, 0.2) is 0 Å². The molecule has 0 aromatic rings. The first-order chi connectivity index (χ1) is 7.10. The van der Waals surface area contributed by atoms with Gasteiger partial charge < -0.3 is 4.74 Å². The van der Waals surface area contributed by atoms with Crippen LogP contribution in [-0.4, -0.2) is 44.8 Å². The Morgan fingerprint density at radius 2 is 1.93 bits per heavy atom. The van der Waals surface area contributed by atoms with E-state index in [1.165, 1.54) is 0 Å². The van der Waals surface area contributed by atoms with Crippen LogP contribution in [-0.2, 0) is 14.8 Å². The molecule has 0 aromatic carbocycles. The zero-order chi connectivity index (χ0) is 11.3. The van der Waals surface area contributed by atoms with Gasteiger partial charge in [-0.1, -0.05) is 13.3 Å². The smallest absolute Gasteiger partial charge is 0.214 e. The predicted octanol–water partition coefficient (Wildman–Crippen LogP) is 1.23. The third-order valence-corrected chi connectivity index (χ3v) is 4.84. The van der Waals surface area contributed by atoms with E-state index in [9.17, 15) is 8.42 Å². The van der Waals surface area contributed by atoms with Crippen LogP contribution in [0.2, 0.25) is 0 Å². The summed E-state index contributed by atoms with van der Waals surface area (Å²) in [6.45, 7) is 3.24. The Morgan fingerprint density at radius 3 is 2.40 bits per heavy atom. The summed E-state index contributed by atoms with van der Waals surface area (Å²) < 4.78 is 30.5. The van der Waals surface area contributed by atoms with Crippen molar-refractivity contribution in [2.45, 2.75) is 38.7 Å². The van der Waals surface area contributed by atoms with Crippen LogP contribution in [0.1, 0.15) is 32.6 Å². The highest BCUT2D eigenvalue weighted by atomic mass is 32.2. The second-order valence-corrected chi connectivity index (χ2v) is 6.09. The summed E-state index contributed by atoms with van der Waals surface area (Å²) >= 11 is 0. The molecule has 1 heterocycles. The van der Waals surface area contributed by atoms with E-state index in [2.05, 4.69) is 0 Å². The molecule has 90 valence electrons. The van der Waals surface area contributed by atoms with Crippen LogP contribution in [0.3, 0.4) is 0 Å². The van der Waals surface area contributed by atoms with Gasteiger partial charge in [-0.15, -0.1) is 0 Å². The third kappa shape index (κ3) is 3.74. The summed E-state index contributed by atoms with van der Waals surface area (Å²) in [5, 5.41) is 0. The van der Waals surface area contributed by atoms with E-state index in [4.69, 9.17) is 4.74 Å². The van der Waals surface area contributed by atoms with Crippen LogP contribution in [0.4, 0.5) is 0 Å². The molecule has 0 amide bonds. The van der Waals surface area contributed by atoms with E-state index in [1.54, 1.807) is 11.4 Å². The van der Waals surface area contributed by atoms with Crippen molar-refractivity contribution >= 4 is 10.0 Å². The van der Waals surface area contributed by atoms with Gasteiger partial charge in [0.05, 0.1) is 11.9 Å². The fraction of sp³-hybridized carbons (Fsp3) is 1.00. The molecule has 0 aromatic heterocycles. The number of sulfonamides is 1.